The van der Waals surface area contributed by atoms with E-state index in [0.29, 0.717) is 110 Å². The van der Waals surface area contributed by atoms with Crippen LogP contribution >= 0.6 is 23.5 Å². The van der Waals surface area contributed by atoms with Crippen molar-refractivity contribution < 1.29 is 111 Å². The summed E-state index contributed by atoms with van der Waals surface area (Å²) in [5.41, 5.74) is 4.88. The van der Waals surface area contributed by atoms with Crippen LogP contribution in [0.15, 0.2) is 69.2 Å². The van der Waals surface area contributed by atoms with Gasteiger partial charge in [-0.15, -0.1) is 23.5 Å². The number of aliphatic hydroxyl groups is 1. The summed E-state index contributed by atoms with van der Waals surface area (Å²) in [5.74, 6) is -1.25. The quantitative estimate of drug-likeness (QED) is 0.0958. The molecule has 582 valence electrons. The normalized spacial score (nSPS) is 30.8. The smallest absolute Gasteiger partial charge is 0.331 e. The average Bonchev–Trinajstić information content (AvgIpc) is 1.43. The summed E-state index contributed by atoms with van der Waals surface area (Å²) < 4.78 is 71.3. The van der Waals surface area contributed by atoms with Gasteiger partial charge in [0.15, 0.2) is 80.2 Å². The van der Waals surface area contributed by atoms with E-state index in [1.807, 2.05) is 33.7 Å². The Morgan fingerprint density at radius 3 is 1.41 bits per heavy atom. The zero-order chi connectivity index (χ0) is 78.4. The van der Waals surface area contributed by atoms with Crippen LogP contribution < -0.4 is 48.5 Å². The van der Waals surface area contributed by atoms with Crippen molar-refractivity contribution in [1.82, 2.24) is 30.2 Å². The highest BCUT2D eigenvalue weighted by Gasteiger charge is 2.66. The number of benzene rings is 4. The van der Waals surface area contributed by atoms with E-state index >= 15 is 0 Å². The number of fused-ring (bicyclic) bond motifs is 16. The maximum Gasteiger partial charge on any atom is 0.331 e. The minimum atomic E-state index is -1.43. The van der Waals surface area contributed by atoms with Gasteiger partial charge in [0, 0.05) is 123 Å². The second kappa shape index (κ2) is 27.0. The zero-order valence-corrected chi connectivity index (χ0v) is 64.4. The first-order valence-electron chi connectivity index (χ1n) is 36.6. The van der Waals surface area contributed by atoms with Crippen LogP contribution in [-0.2, 0) is 81.2 Å². The molecular formula is C79H81N7O23S2. The third-order valence-electron chi connectivity index (χ3n) is 25.0. The number of hydrogen-bond donors (Lipinski definition) is 5. The van der Waals surface area contributed by atoms with Crippen molar-refractivity contribution in [2.75, 3.05) is 93.9 Å². The molecule has 14 heterocycles. The molecule has 4 aromatic rings. The number of allylic oxidation sites excluding steroid dienone is 4. The Labute approximate surface area is 645 Å². The summed E-state index contributed by atoms with van der Waals surface area (Å²) in [7, 11) is 9.32. The minimum Gasteiger partial charge on any atom is -0.504 e. The first kappa shape index (κ1) is 74.1. The molecule has 111 heavy (non-hydrogen) atoms. The van der Waals surface area contributed by atoms with Gasteiger partial charge in [0.2, 0.25) is 25.2 Å². The summed E-state index contributed by atoms with van der Waals surface area (Å²) in [6, 6.07) is 2.36. The summed E-state index contributed by atoms with van der Waals surface area (Å²) >= 11 is 2.76. The molecule has 0 amide bonds. The van der Waals surface area contributed by atoms with Gasteiger partial charge in [-0.3, -0.25) is 59.0 Å². The Morgan fingerprint density at radius 2 is 0.982 bits per heavy atom. The lowest BCUT2D eigenvalue weighted by Crippen LogP contribution is -2.73. The van der Waals surface area contributed by atoms with E-state index < -0.39 is 118 Å². The molecule has 2 spiro atoms. The maximum absolute atomic E-state index is 14.7. The number of phenolic OH excluding ortho intramolecular Hbond substituents is 2. The number of nitrogens with zero attached hydrogens (tertiary/aromatic N) is 5. The molecule has 4 aromatic carbocycles. The average molecular weight is 1560 g/mol. The molecule has 2 aliphatic carbocycles. The van der Waals surface area contributed by atoms with Gasteiger partial charge in [0.1, 0.15) is 37.0 Å². The Morgan fingerprint density at radius 1 is 0.568 bits per heavy atom. The van der Waals surface area contributed by atoms with Crippen molar-refractivity contribution in [1.29, 1.82) is 5.26 Å². The highest BCUT2D eigenvalue weighted by Crippen LogP contribution is 2.66. The first-order chi connectivity index (χ1) is 53.2. The number of esters is 4. The second-order valence-electron chi connectivity index (χ2n) is 30.1. The molecular weight excluding hydrogens is 1480 g/mol. The topological polar surface area (TPSA) is 369 Å². The van der Waals surface area contributed by atoms with Gasteiger partial charge in [-0.1, -0.05) is 0 Å². The molecule has 2 unspecified atom stereocenters. The van der Waals surface area contributed by atoms with Gasteiger partial charge in [-0.2, -0.15) is 5.26 Å². The highest BCUT2D eigenvalue weighted by molar-refractivity contribution is 7.99. The van der Waals surface area contributed by atoms with Crippen LogP contribution in [-0.4, -0.2) is 224 Å². The van der Waals surface area contributed by atoms with Gasteiger partial charge in [-0.25, -0.2) is 9.59 Å². The lowest BCUT2D eigenvalue weighted by Gasteiger charge is -2.62. The molecule has 0 radical (unpaired) electrons. The van der Waals surface area contributed by atoms with E-state index in [1.165, 1.54) is 65.8 Å². The number of rotatable bonds is 6. The fourth-order valence-corrected chi connectivity index (χ4v) is 23.6. The van der Waals surface area contributed by atoms with E-state index in [4.69, 9.17) is 56.8 Å². The minimum absolute atomic E-state index is 0.0273. The number of methoxy groups -OCH3 is 4. The van der Waals surface area contributed by atoms with Crippen LogP contribution in [0, 0.1) is 25.2 Å². The number of aliphatic hydroxyl groups excluding tert-OH is 1. The maximum atomic E-state index is 14.7. The van der Waals surface area contributed by atoms with Gasteiger partial charge in [-0.05, 0) is 114 Å². The Balaban J connectivity index is 0.000000161. The number of nitrogens with one attached hydrogen (secondary N) is 2. The molecule has 5 N–H and O–H groups in total. The highest BCUT2D eigenvalue weighted by atomic mass is 32.2. The summed E-state index contributed by atoms with van der Waals surface area (Å²) in [5, 5.41) is 50.6. The number of hydrogen-bond acceptors (Lipinski definition) is 32. The third-order valence-corrected chi connectivity index (χ3v) is 27.9. The van der Waals surface area contributed by atoms with Gasteiger partial charge >= 0.3 is 23.9 Å². The molecule has 14 aliphatic heterocycles. The van der Waals surface area contributed by atoms with Crippen molar-refractivity contribution >= 4 is 70.5 Å². The third kappa shape index (κ3) is 10.5. The van der Waals surface area contributed by atoms with Crippen molar-refractivity contribution in [3.05, 3.63) is 125 Å². The van der Waals surface area contributed by atoms with Crippen LogP contribution in [0.2, 0.25) is 0 Å². The molecule has 4 saturated heterocycles. The number of ketones is 4. The summed E-state index contributed by atoms with van der Waals surface area (Å²) in [6.07, 6.45) is 0.0898. The van der Waals surface area contributed by atoms with Crippen molar-refractivity contribution in [3.63, 3.8) is 0 Å². The second-order valence-corrected chi connectivity index (χ2v) is 32.4. The zero-order valence-electron chi connectivity index (χ0n) is 62.8. The van der Waals surface area contributed by atoms with Gasteiger partial charge < -0.3 is 72.2 Å². The Bertz CT molecular complexity index is 5080. The van der Waals surface area contributed by atoms with Crippen LogP contribution in [0.25, 0.3) is 0 Å². The molecule has 30 nitrogen and oxygen atoms in total. The van der Waals surface area contributed by atoms with Crippen LogP contribution in [0.1, 0.15) is 119 Å². The van der Waals surface area contributed by atoms with Crippen molar-refractivity contribution in [2.45, 2.75) is 149 Å². The number of ether oxygens (including phenoxy) is 12. The number of phenols is 2. The molecule has 32 heteroatoms. The Hall–Kier alpha value is -9.69. The van der Waals surface area contributed by atoms with Crippen molar-refractivity contribution in [2.24, 2.45) is 0 Å². The number of carbonyl (C=O) groups is 8. The number of aromatic hydroxyl groups is 2. The van der Waals surface area contributed by atoms with Gasteiger partial charge in [0.05, 0.1) is 75.2 Å². The number of carbonyl (C=O) groups excluding carboxylic acids is 8. The van der Waals surface area contributed by atoms with E-state index in [2.05, 4.69) is 16.7 Å². The lowest BCUT2D eigenvalue weighted by molar-refractivity contribution is -0.181. The molecule has 0 aromatic heterocycles. The lowest BCUT2D eigenvalue weighted by atomic mass is 9.68. The summed E-state index contributed by atoms with van der Waals surface area (Å²) in [4.78, 5) is 120. The fourth-order valence-electron chi connectivity index (χ4n) is 20.2. The standard InChI is InChI=1S/C40H40N4O11S.C39H41N3O12S/c1-16-32(47)20-10-22-23(12-41)44-24-13-52-39(49)40(21-11-26(50-5)25(46)9-19(21)7-8-42-40)14-56-38(31(44)30(43(22)4)27(20)33(48)35(16)51-6)29-28(24)37-36(53-15-54-37)17(2)34(29)55-18(3)45;1-15-30(45)19-10-21-37(47)42-22-12-51-38(48)39(20-11-24(49-5)23(44)9-18(20)7-8-40-39)13-55-36(29(42)28(41(21)4)25(19)31(46)33(15)50-6)27-26(22)35-34(52-14-53-35)16(2)32(27)54-17(3)43/h9,11,22-24,30-31,38,42,46H,7-8,10,13-15H2,1-6H3;9,11,21-22,28-29,36-37,40,44,47H,7-8,10,12-14H2,1-6H3/t22-,23-,24-,30+,31?,38+,40+;21-,22-,28+,29?,36+,37-,39+/m00/s1. The van der Waals surface area contributed by atoms with Crippen LogP contribution in [0.5, 0.6) is 57.5 Å². The van der Waals surface area contributed by atoms with E-state index in [9.17, 15) is 58.9 Å². The predicted octanol–water partition coefficient (Wildman–Crippen LogP) is 5.04. The SMILES string of the molecule is COC1=C(C)C(=O)C2=C(C1=O)[C@@H]1C3[C@@H]4SC[C@]5(NCCc6cc(O)c(OC)cc65)C(=O)OC[C@@H](c5c6c(c(C)c(OC(C)=O)c54)OCO6)N3[C@@H](C#N)[C@H](C2)N1C.COC1=C(C)C(=O)C2=C(C1=O)[C@@H]1C3[C@@H]4SC[C@]5(NCCc6cc(O)c(OC)cc65)C(=O)OC[C@@H](c5c6c(c(C)c(OC(C)=O)c54)OCO6)N3[C@@H](O)[C@H](C2)N1C. The van der Waals surface area contributed by atoms with E-state index in [1.54, 1.807) is 52.0 Å². The molecule has 0 saturated carbocycles. The van der Waals surface area contributed by atoms with Crippen LogP contribution in [0.3, 0.4) is 0 Å². The molecule has 4 fully saturated rings. The predicted molar refractivity (Wildman–Crippen MR) is 391 cm³/mol. The number of Topliss-reactive ketones (excluding diaryl/α,β-unsaturated/α-hetero) is 4. The van der Waals surface area contributed by atoms with Crippen LogP contribution in [0.4, 0.5) is 0 Å². The monoisotopic (exact) mass is 1560 g/mol. The number of piperazine rings is 2. The number of nitriles is 1. The number of likely N-dealkylation sites (N-methyl/N-ethyl adjacent to an activating group) is 2. The molecule has 14 atom stereocenters. The Kier molecular flexibility index (Phi) is 18.0. The first-order valence-corrected chi connectivity index (χ1v) is 38.7. The van der Waals surface area contributed by atoms with Gasteiger partial charge in [0.25, 0.3) is 0 Å². The summed E-state index contributed by atoms with van der Waals surface area (Å²) in [6.45, 7) is 9.40. The largest absolute Gasteiger partial charge is 0.504 e. The van der Waals surface area contributed by atoms with E-state index in [-0.39, 0.29) is 125 Å². The molecule has 8 bridgehead atoms. The number of thioether (sulfide) groups is 2. The molecule has 16 aliphatic rings. The van der Waals surface area contributed by atoms with E-state index in [0.717, 1.165) is 11.1 Å². The van der Waals surface area contributed by atoms with Crippen molar-refractivity contribution in [3.8, 4) is 63.6 Å². The molecule has 20 rings (SSSR count). The fraction of sp³-hybridized carbons (Fsp3) is 0.481.